The second kappa shape index (κ2) is 11.1. The van der Waals surface area contributed by atoms with Crippen LogP contribution in [0.25, 0.3) is 6.08 Å². The number of carbonyl (C=O) groups excluding carboxylic acids is 3. The zero-order valence-electron chi connectivity index (χ0n) is 22.9. The fourth-order valence-electron chi connectivity index (χ4n) is 6.36. The van der Waals surface area contributed by atoms with E-state index in [0.717, 1.165) is 46.6 Å². The van der Waals surface area contributed by atoms with E-state index in [1.807, 2.05) is 54.6 Å². The first-order chi connectivity index (χ1) is 20.9. The van der Waals surface area contributed by atoms with Crippen LogP contribution in [-0.4, -0.2) is 52.1 Å². The molecule has 43 heavy (non-hydrogen) atoms. The summed E-state index contributed by atoms with van der Waals surface area (Å²) in [5, 5.41) is 17.2. The van der Waals surface area contributed by atoms with Crippen LogP contribution in [0.4, 0.5) is 5.69 Å². The third kappa shape index (κ3) is 4.92. The highest BCUT2D eigenvalue weighted by Gasteiger charge is 2.55. The topological polar surface area (TPSA) is 98.0 Å². The number of anilines is 1. The molecule has 4 atom stereocenters. The minimum absolute atomic E-state index is 0.0198. The molecule has 9 nitrogen and oxygen atoms in total. The van der Waals surface area contributed by atoms with E-state index in [9.17, 15) is 14.4 Å². The van der Waals surface area contributed by atoms with E-state index < -0.39 is 23.9 Å². The molecule has 3 amide bonds. The first kappa shape index (κ1) is 27.5. The lowest BCUT2D eigenvalue weighted by Crippen LogP contribution is -2.45. The quantitative estimate of drug-likeness (QED) is 0.325. The summed E-state index contributed by atoms with van der Waals surface area (Å²) in [6.07, 6.45) is 4.75. The maximum atomic E-state index is 14.0. The number of allylic oxidation sites excluding steroid dienone is 1. The largest absolute Gasteiger partial charge is 0.271 e. The summed E-state index contributed by atoms with van der Waals surface area (Å²) in [6.45, 7) is -0.254. The van der Waals surface area contributed by atoms with Gasteiger partial charge in [0.1, 0.15) is 6.54 Å². The van der Waals surface area contributed by atoms with E-state index in [4.69, 9.17) is 28.3 Å². The minimum Gasteiger partial charge on any atom is -0.271 e. The first-order valence-corrected chi connectivity index (χ1v) is 14.9. The average molecular weight is 614 g/mol. The molecular formula is C32H26Cl2N6O3. The van der Waals surface area contributed by atoms with Crippen LogP contribution in [0, 0.1) is 5.92 Å². The van der Waals surface area contributed by atoms with Gasteiger partial charge in [0.15, 0.2) is 12.1 Å². The van der Waals surface area contributed by atoms with E-state index in [0.29, 0.717) is 15.7 Å². The molecule has 2 fully saturated rings. The second-order valence-corrected chi connectivity index (χ2v) is 11.9. The highest BCUT2D eigenvalue weighted by Crippen LogP contribution is 2.45. The summed E-state index contributed by atoms with van der Waals surface area (Å²) in [5.41, 5.74) is 4.33. The molecule has 1 aliphatic carbocycles. The molecule has 3 heterocycles. The Kier molecular flexibility index (Phi) is 7.07. The van der Waals surface area contributed by atoms with Crippen molar-refractivity contribution in [3.63, 3.8) is 0 Å². The molecule has 11 heteroatoms. The van der Waals surface area contributed by atoms with E-state index in [2.05, 4.69) is 16.4 Å². The molecule has 0 spiro atoms. The van der Waals surface area contributed by atoms with Crippen LogP contribution in [0.5, 0.6) is 0 Å². The summed E-state index contributed by atoms with van der Waals surface area (Å²) in [5.74, 6) is -1.27. The van der Waals surface area contributed by atoms with Crippen molar-refractivity contribution < 1.29 is 14.4 Å². The predicted octanol–water partition coefficient (Wildman–Crippen LogP) is 6.11. The van der Waals surface area contributed by atoms with Crippen LogP contribution in [0.1, 0.15) is 36.4 Å². The third-order valence-electron chi connectivity index (χ3n) is 8.35. The van der Waals surface area contributed by atoms with Gasteiger partial charge >= 0.3 is 0 Å². The lowest BCUT2D eigenvalue weighted by Gasteiger charge is -2.30. The van der Waals surface area contributed by atoms with Crippen molar-refractivity contribution in [3.05, 3.63) is 106 Å². The fraction of sp³-hybridized carbons (Fsp3) is 0.250. The predicted molar refractivity (Wildman–Crippen MR) is 163 cm³/mol. The Morgan fingerprint density at radius 2 is 1.58 bits per heavy atom. The number of halogens is 2. The van der Waals surface area contributed by atoms with Gasteiger partial charge in [-0.1, -0.05) is 70.9 Å². The molecule has 216 valence electrons. The van der Waals surface area contributed by atoms with Gasteiger partial charge in [-0.05, 0) is 78.4 Å². The van der Waals surface area contributed by atoms with Crippen LogP contribution in [0.15, 0.2) is 99.9 Å². The summed E-state index contributed by atoms with van der Waals surface area (Å²) in [7, 11) is 0. The maximum absolute atomic E-state index is 14.0. The zero-order chi connectivity index (χ0) is 29.7. The maximum Gasteiger partial charge on any atom is 0.264 e. The molecule has 3 aliphatic heterocycles. The number of amides is 3. The molecule has 3 aromatic carbocycles. The summed E-state index contributed by atoms with van der Waals surface area (Å²) >= 11 is 12.3. The number of carbonyl (C=O) groups is 3. The fourth-order valence-corrected chi connectivity index (χ4v) is 6.61. The minimum atomic E-state index is -0.992. The molecule has 4 aliphatic rings. The number of para-hydroxylation sites is 1. The van der Waals surface area contributed by atoms with Gasteiger partial charge in [0.25, 0.3) is 17.7 Å². The third-order valence-corrected chi connectivity index (χ3v) is 8.85. The monoisotopic (exact) mass is 612 g/mol. The number of fused-ring (bicyclic) bond motifs is 2. The van der Waals surface area contributed by atoms with E-state index in [1.54, 1.807) is 24.3 Å². The summed E-state index contributed by atoms with van der Waals surface area (Å²) in [6, 6.07) is 21.5. The van der Waals surface area contributed by atoms with Gasteiger partial charge in [0, 0.05) is 16.0 Å². The molecule has 7 rings (SSSR count). The Morgan fingerprint density at radius 1 is 0.884 bits per heavy atom. The van der Waals surface area contributed by atoms with Gasteiger partial charge in [0.05, 0.1) is 17.4 Å². The number of hydrogen-bond donors (Lipinski definition) is 0. The van der Waals surface area contributed by atoms with Crippen LogP contribution in [-0.2, 0) is 14.4 Å². The Labute approximate surface area is 258 Å². The number of hydrogen-bond acceptors (Lipinski definition) is 7. The van der Waals surface area contributed by atoms with Gasteiger partial charge in [0.2, 0.25) is 0 Å². The molecule has 0 bridgehead atoms. The van der Waals surface area contributed by atoms with Gasteiger partial charge in [-0.2, -0.15) is 10.2 Å². The first-order valence-electron chi connectivity index (χ1n) is 14.1. The van der Waals surface area contributed by atoms with E-state index in [1.165, 1.54) is 10.0 Å². The normalized spacial score (nSPS) is 25.4. The van der Waals surface area contributed by atoms with Gasteiger partial charge in [-0.3, -0.25) is 19.4 Å². The van der Waals surface area contributed by atoms with Crippen molar-refractivity contribution in [3.8, 4) is 0 Å². The molecule has 0 unspecified atom stereocenters. The lowest BCUT2D eigenvalue weighted by molar-refractivity contribution is -0.136. The van der Waals surface area contributed by atoms with E-state index >= 15 is 0 Å². The number of benzene rings is 3. The van der Waals surface area contributed by atoms with Gasteiger partial charge in [-0.15, -0.1) is 0 Å². The van der Waals surface area contributed by atoms with Crippen LogP contribution in [0.3, 0.4) is 0 Å². The molecule has 0 radical (unpaired) electrons. The Bertz CT molecular complexity index is 1690. The molecule has 0 N–H and O–H groups in total. The molecule has 1 saturated heterocycles. The van der Waals surface area contributed by atoms with Crippen molar-refractivity contribution in [2.75, 3.05) is 11.4 Å². The van der Waals surface area contributed by atoms with Crippen molar-refractivity contribution in [2.45, 2.75) is 37.4 Å². The summed E-state index contributed by atoms with van der Waals surface area (Å²) < 4.78 is 0. The highest BCUT2D eigenvalue weighted by atomic mass is 35.5. The molecular weight excluding hydrogens is 587 g/mol. The average Bonchev–Trinajstić information content (AvgIpc) is 3.68. The second-order valence-electron chi connectivity index (χ2n) is 11.0. The lowest BCUT2D eigenvalue weighted by atomic mass is 9.77. The number of nitrogens with zero attached hydrogens (tertiary/aromatic N) is 6. The number of rotatable bonds is 5. The van der Waals surface area contributed by atoms with Crippen molar-refractivity contribution in [1.29, 1.82) is 0 Å². The molecule has 1 saturated carbocycles. The van der Waals surface area contributed by atoms with Gasteiger partial charge in [-0.25, -0.2) is 9.91 Å². The highest BCUT2D eigenvalue weighted by molar-refractivity contribution is 6.31. The van der Waals surface area contributed by atoms with Crippen molar-refractivity contribution in [2.24, 2.45) is 21.4 Å². The van der Waals surface area contributed by atoms with Crippen LogP contribution >= 0.6 is 23.2 Å². The van der Waals surface area contributed by atoms with Crippen molar-refractivity contribution >= 4 is 58.4 Å². The molecule has 0 aromatic heterocycles. The number of hydrazone groups is 1. The smallest absolute Gasteiger partial charge is 0.264 e. The van der Waals surface area contributed by atoms with Gasteiger partial charge < -0.3 is 0 Å². The SMILES string of the molecule is O=C1[C@@H]2[C@@H](N=NN2CC(=O)N2N=C3/C(=C\c4ccc(Cl)cc4)CCC[C@@H]3[C@H]2c2ccc(Cl)cc2)C(=O)N1c1ccccc1. The van der Waals surface area contributed by atoms with Crippen molar-refractivity contribution in [1.82, 2.24) is 10.0 Å². The van der Waals surface area contributed by atoms with Crippen LogP contribution in [0.2, 0.25) is 10.0 Å². The zero-order valence-corrected chi connectivity index (χ0v) is 24.4. The van der Waals surface area contributed by atoms with E-state index in [-0.39, 0.29) is 24.4 Å². The molecule has 3 aromatic rings. The summed E-state index contributed by atoms with van der Waals surface area (Å²) in [4.78, 5) is 41.7. The number of imide groups is 1. The Hall–Kier alpha value is -4.34. The Balaban J connectivity index is 1.19. The Morgan fingerprint density at radius 3 is 2.30 bits per heavy atom. The van der Waals surface area contributed by atoms with Crippen LogP contribution < -0.4 is 4.90 Å². The standard InChI is InChI=1S/C32H26Cl2N6O3/c33-22-13-9-19(10-14-22)17-21-5-4-8-25-27(21)36-40(29(25)20-11-15-23(34)16-12-20)26(41)18-38-30-28(35-37-38)31(42)39(32(30)43)24-6-2-1-3-7-24/h1-3,6-7,9-17,25,28-30H,4-5,8,18H2/b21-17-/t25-,28+,29+,30-/m0/s1.